The third-order valence-electron chi connectivity index (χ3n) is 2.94. The minimum absolute atomic E-state index is 0.0832. The van der Waals surface area contributed by atoms with E-state index < -0.39 is 15.7 Å². The van der Waals surface area contributed by atoms with Crippen molar-refractivity contribution in [2.45, 2.75) is 0 Å². The number of nitrogens with two attached hydrogens (primary N) is 2. The zero-order valence-electron chi connectivity index (χ0n) is 10.4. The summed E-state index contributed by atoms with van der Waals surface area (Å²) in [6.45, 7) is 0.716. The molecule has 1 saturated heterocycles. The summed E-state index contributed by atoms with van der Waals surface area (Å²) in [6.07, 6.45) is 0. The Hall–Kier alpha value is -1.48. The summed E-state index contributed by atoms with van der Waals surface area (Å²) in [4.78, 5) is 13.4. The summed E-state index contributed by atoms with van der Waals surface area (Å²) >= 11 is 1.13. The fourth-order valence-electron chi connectivity index (χ4n) is 1.92. The van der Waals surface area contributed by atoms with Crippen LogP contribution in [0.4, 0.5) is 10.7 Å². The molecular weight excluding hydrogens is 290 g/mol. The van der Waals surface area contributed by atoms with Crippen LogP contribution >= 0.6 is 11.3 Å². The minimum Gasteiger partial charge on any atom is -0.492 e. The molecule has 0 spiro atoms. The fourth-order valence-corrected chi connectivity index (χ4v) is 4.22. The van der Waals surface area contributed by atoms with E-state index in [2.05, 4.69) is 0 Å². The second-order valence-corrected chi connectivity index (χ2v) is 7.49. The number of hydrogen-bond acceptors (Lipinski definition) is 7. The van der Waals surface area contributed by atoms with Gasteiger partial charge in [0.05, 0.1) is 18.6 Å². The second kappa shape index (κ2) is 4.89. The van der Waals surface area contributed by atoms with Crippen LogP contribution in [0.5, 0.6) is 5.75 Å². The van der Waals surface area contributed by atoms with Crippen LogP contribution in [-0.2, 0) is 9.84 Å². The van der Waals surface area contributed by atoms with Crippen molar-refractivity contribution in [2.75, 3.05) is 42.3 Å². The van der Waals surface area contributed by atoms with Gasteiger partial charge >= 0.3 is 0 Å². The lowest BCUT2D eigenvalue weighted by Crippen LogP contribution is -2.40. The molecule has 0 bridgehead atoms. The first-order valence-corrected chi connectivity index (χ1v) is 8.21. The van der Waals surface area contributed by atoms with Crippen LogP contribution in [-0.4, -0.2) is 46.0 Å². The molecule has 0 radical (unpaired) electrons. The molecule has 0 aromatic carbocycles. The van der Waals surface area contributed by atoms with Crippen molar-refractivity contribution in [1.29, 1.82) is 0 Å². The van der Waals surface area contributed by atoms with E-state index in [4.69, 9.17) is 16.2 Å². The number of thiophene rings is 1. The van der Waals surface area contributed by atoms with Gasteiger partial charge in [-0.05, 0) is 0 Å². The lowest BCUT2D eigenvalue weighted by atomic mass is 10.3. The average Bonchev–Trinajstić information content (AvgIpc) is 2.66. The highest BCUT2D eigenvalue weighted by Gasteiger charge is 2.28. The largest absolute Gasteiger partial charge is 0.492 e. The van der Waals surface area contributed by atoms with Crippen molar-refractivity contribution in [3.05, 3.63) is 4.88 Å². The molecule has 0 atom stereocenters. The molecule has 4 N–H and O–H groups in total. The summed E-state index contributed by atoms with van der Waals surface area (Å²) in [7, 11) is -1.51. The van der Waals surface area contributed by atoms with E-state index in [1.54, 1.807) is 0 Å². The first kappa shape index (κ1) is 13.9. The van der Waals surface area contributed by atoms with Gasteiger partial charge in [0.25, 0.3) is 5.91 Å². The third-order valence-corrected chi connectivity index (χ3v) is 5.81. The normalized spacial score (nSPS) is 18.3. The van der Waals surface area contributed by atoms with Crippen LogP contribution in [0.25, 0.3) is 0 Å². The van der Waals surface area contributed by atoms with Gasteiger partial charge in [0, 0.05) is 13.1 Å². The number of carbonyl (C=O) groups excluding carboxylic acids is 1. The van der Waals surface area contributed by atoms with Crippen molar-refractivity contribution in [2.24, 2.45) is 5.73 Å². The third kappa shape index (κ3) is 2.61. The van der Waals surface area contributed by atoms with Crippen LogP contribution in [0.1, 0.15) is 9.67 Å². The number of anilines is 2. The first-order valence-electron chi connectivity index (χ1n) is 5.57. The Labute approximate surface area is 115 Å². The van der Waals surface area contributed by atoms with Gasteiger partial charge in [0.2, 0.25) is 0 Å². The Kier molecular flexibility index (Phi) is 3.59. The molecule has 19 heavy (non-hydrogen) atoms. The number of hydrogen-bond donors (Lipinski definition) is 2. The molecule has 0 saturated carbocycles. The van der Waals surface area contributed by atoms with Gasteiger partial charge < -0.3 is 21.1 Å². The molecule has 2 heterocycles. The van der Waals surface area contributed by atoms with Gasteiger partial charge in [-0.1, -0.05) is 0 Å². The number of methoxy groups -OCH3 is 1. The summed E-state index contributed by atoms with van der Waals surface area (Å²) in [5, 5.41) is 0.656. The Balaban J connectivity index is 2.35. The molecule has 9 heteroatoms. The van der Waals surface area contributed by atoms with E-state index in [-0.39, 0.29) is 22.1 Å². The monoisotopic (exact) mass is 305 g/mol. The summed E-state index contributed by atoms with van der Waals surface area (Å²) in [6, 6.07) is 0. The first-order chi connectivity index (χ1) is 8.85. The fraction of sp³-hybridized carbons (Fsp3) is 0.500. The van der Waals surface area contributed by atoms with Crippen LogP contribution in [0.15, 0.2) is 0 Å². The molecule has 0 aliphatic carbocycles. The van der Waals surface area contributed by atoms with Crippen molar-refractivity contribution in [1.82, 2.24) is 0 Å². The summed E-state index contributed by atoms with van der Waals surface area (Å²) in [5.41, 5.74) is 11.3. The molecule has 1 aromatic heterocycles. The zero-order valence-corrected chi connectivity index (χ0v) is 12.0. The van der Waals surface area contributed by atoms with Gasteiger partial charge in [-0.2, -0.15) is 0 Å². The van der Waals surface area contributed by atoms with Crippen molar-refractivity contribution >= 4 is 37.8 Å². The van der Waals surface area contributed by atoms with Crippen molar-refractivity contribution < 1.29 is 17.9 Å². The Morgan fingerprint density at radius 1 is 1.37 bits per heavy atom. The van der Waals surface area contributed by atoms with Gasteiger partial charge in [-0.15, -0.1) is 11.3 Å². The summed E-state index contributed by atoms with van der Waals surface area (Å²) in [5.74, 6) is -0.0607. The standard InChI is InChI=1S/C10H15N3O4S2/c1-17-7-6(11)8(9(12)14)18-10(7)13-2-4-19(15,16)5-3-13/h2-5,11H2,1H3,(H2,12,14). The Morgan fingerprint density at radius 3 is 2.42 bits per heavy atom. The predicted octanol–water partition coefficient (Wildman–Crippen LogP) is -0.327. The molecule has 1 fully saturated rings. The van der Waals surface area contributed by atoms with Gasteiger partial charge in [-0.3, -0.25) is 4.79 Å². The van der Waals surface area contributed by atoms with E-state index in [1.807, 2.05) is 4.90 Å². The van der Waals surface area contributed by atoms with Gasteiger partial charge in [-0.25, -0.2) is 8.42 Å². The number of amides is 1. The lowest BCUT2D eigenvalue weighted by molar-refractivity contribution is 0.100. The molecule has 1 aliphatic rings. The number of ether oxygens (including phenoxy) is 1. The highest BCUT2D eigenvalue weighted by molar-refractivity contribution is 7.91. The lowest BCUT2D eigenvalue weighted by Gasteiger charge is -2.27. The zero-order chi connectivity index (χ0) is 14.2. The van der Waals surface area contributed by atoms with E-state index >= 15 is 0 Å². The van der Waals surface area contributed by atoms with Gasteiger partial charge in [0.1, 0.15) is 15.6 Å². The van der Waals surface area contributed by atoms with Crippen LogP contribution in [0.3, 0.4) is 0 Å². The number of nitrogens with zero attached hydrogens (tertiary/aromatic N) is 1. The number of rotatable bonds is 3. The van der Waals surface area contributed by atoms with Gasteiger partial charge in [0.15, 0.2) is 15.6 Å². The van der Waals surface area contributed by atoms with Crippen LogP contribution in [0.2, 0.25) is 0 Å². The molecule has 1 aliphatic heterocycles. The van der Waals surface area contributed by atoms with Crippen molar-refractivity contribution in [3.63, 3.8) is 0 Å². The average molecular weight is 305 g/mol. The number of primary amides is 1. The highest BCUT2D eigenvalue weighted by atomic mass is 32.2. The molecule has 7 nitrogen and oxygen atoms in total. The van der Waals surface area contributed by atoms with E-state index in [0.29, 0.717) is 23.8 Å². The van der Waals surface area contributed by atoms with Crippen LogP contribution in [0, 0.1) is 0 Å². The quantitative estimate of drug-likeness (QED) is 0.790. The Morgan fingerprint density at radius 2 is 1.95 bits per heavy atom. The predicted molar refractivity (Wildman–Crippen MR) is 74.7 cm³/mol. The van der Waals surface area contributed by atoms with Crippen molar-refractivity contribution in [3.8, 4) is 5.75 Å². The Bertz CT molecular complexity index is 595. The maximum atomic E-state index is 11.4. The molecule has 106 valence electrons. The molecular formula is C10H15N3O4S2. The highest BCUT2D eigenvalue weighted by Crippen LogP contribution is 2.44. The molecule has 2 rings (SSSR count). The molecule has 0 unspecified atom stereocenters. The minimum atomic E-state index is -2.96. The SMILES string of the molecule is COc1c(N2CCS(=O)(=O)CC2)sc(C(N)=O)c1N. The second-order valence-electron chi connectivity index (χ2n) is 4.19. The molecule has 1 amide bonds. The number of nitrogen functional groups attached to an aromatic ring is 1. The number of carbonyl (C=O) groups is 1. The smallest absolute Gasteiger partial charge is 0.261 e. The van der Waals surface area contributed by atoms with E-state index in [0.717, 1.165) is 11.3 Å². The van der Waals surface area contributed by atoms with Crippen LogP contribution < -0.4 is 21.1 Å². The maximum Gasteiger partial charge on any atom is 0.261 e. The number of sulfone groups is 1. The van der Waals surface area contributed by atoms with E-state index in [1.165, 1.54) is 7.11 Å². The van der Waals surface area contributed by atoms with E-state index in [9.17, 15) is 13.2 Å². The topological polar surface area (TPSA) is 116 Å². The maximum absolute atomic E-state index is 11.4. The summed E-state index contributed by atoms with van der Waals surface area (Å²) < 4.78 is 28.0. The molecule has 1 aromatic rings.